The van der Waals surface area contributed by atoms with E-state index in [9.17, 15) is 8.42 Å². The number of sulfonamides is 1. The van der Waals surface area contributed by atoms with Gasteiger partial charge in [0.15, 0.2) is 5.76 Å². The Labute approximate surface area is 82.0 Å². The highest BCUT2D eigenvalue weighted by Crippen LogP contribution is 2.17. The SMILES string of the molecule is Cc1noc(C)c1S(=O)(=O)NCCO. The number of nitrogens with zero attached hydrogens (tertiary/aromatic N) is 1. The third kappa shape index (κ3) is 2.11. The lowest BCUT2D eigenvalue weighted by atomic mass is 10.4. The Balaban J connectivity index is 3.04. The summed E-state index contributed by atoms with van der Waals surface area (Å²) in [4.78, 5) is 0.0472. The molecule has 0 aliphatic rings. The van der Waals surface area contributed by atoms with Crippen molar-refractivity contribution in [3.05, 3.63) is 11.5 Å². The highest BCUT2D eigenvalue weighted by Gasteiger charge is 2.23. The maximum absolute atomic E-state index is 11.6. The Morgan fingerprint density at radius 1 is 1.50 bits per heavy atom. The van der Waals surface area contributed by atoms with E-state index in [1.54, 1.807) is 6.92 Å². The van der Waals surface area contributed by atoms with Crippen LogP contribution in [0.15, 0.2) is 9.42 Å². The molecule has 0 saturated heterocycles. The fourth-order valence-corrected chi connectivity index (χ4v) is 2.46. The monoisotopic (exact) mass is 220 g/mol. The van der Waals surface area contributed by atoms with Crippen molar-refractivity contribution in [2.24, 2.45) is 0 Å². The minimum atomic E-state index is -3.61. The topological polar surface area (TPSA) is 92.4 Å². The number of aliphatic hydroxyl groups excluding tert-OH is 1. The number of hydrogen-bond donors (Lipinski definition) is 2. The van der Waals surface area contributed by atoms with E-state index in [0.29, 0.717) is 5.69 Å². The molecule has 0 spiro atoms. The number of aryl methyl sites for hydroxylation is 2. The lowest BCUT2D eigenvalue weighted by Crippen LogP contribution is -2.27. The van der Waals surface area contributed by atoms with Crippen molar-refractivity contribution >= 4 is 10.0 Å². The van der Waals surface area contributed by atoms with Crippen LogP contribution >= 0.6 is 0 Å². The van der Waals surface area contributed by atoms with Crippen LogP contribution in [-0.4, -0.2) is 31.8 Å². The van der Waals surface area contributed by atoms with Crippen LogP contribution in [0.25, 0.3) is 0 Å². The first-order valence-electron chi connectivity index (χ1n) is 4.02. The Bertz CT molecular complexity index is 390. The van der Waals surface area contributed by atoms with E-state index in [1.165, 1.54) is 6.92 Å². The molecule has 0 aliphatic carbocycles. The van der Waals surface area contributed by atoms with Crippen LogP contribution in [0.1, 0.15) is 11.5 Å². The van der Waals surface area contributed by atoms with Crippen molar-refractivity contribution < 1.29 is 18.0 Å². The van der Waals surface area contributed by atoms with Gasteiger partial charge in [-0.05, 0) is 13.8 Å². The number of aliphatic hydroxyl groups is 1. The van der Waals surface area contributed by atoms with Crippen molar-refractivity contribution in [2.45, 2.75) is 18.7 Å². The van der Waals surface area contributed by atoms with Crippen LogP contribution in [0.4, 0.5) is 0 Å². The Hall–Kier alpha value is -0.920. The highest BCUT2D eigenvalue weighted by molar-refractivity contribution is 7.89. The van der Waals surface area contributed by atoms with Gasteiger partial charge in [-0.2, -0.15) is 0 Å². The van der Waals surface area contributed by atoms with Crippen LogP contribution in [0.5, 0.6) is 0 Å². The summed E-state index contributed by atoms with van der Waals surface area (Å²) < 4.78 is 30.1. The van der Waals surface area contributed by atoms with Crippen molar-refractivity contribution in [1.29, 1.82) is 0 Å². The van der Waals surface area contributed by atoms with E-state index in [0.717, 1.165) is 0 Å². The molecule has 0 radical (unpaired) electrons. The normalized spacial score (nSPS) is 11.9. The van der Waals surface area contributed by atoms with Gasteiger partial charge in [0.05, 0.1) is 6.61 Å². The molecular formula is C7H12N2O4S. The maximum Gasteiger partial charge on any atom is 0.246 e. The third-order valence-corrected chi connectivity index (χ3v) is 3.34. The summed E-state index contributed by atoms with van der Waals surface area (Å²) in [5.74, 6) is 0.243. The highest BCUT2D eigenvalue weighted by atomic mass is 32.2. The van der Waals surface area contributed by atoms with Crippen LogP contribution < -0.4 is 4.72 Å². The Morgan fingerprint density at radius 3 is 2.57 bits per heavy atom. The van der Waals surface area contributed by atoms with Gasteiger partial charge in [-0.3, -0.25) is 0 Å². The molecule has 80 valence electrons. The fraction of sp³-hybridized carbons (Fsp3) is 0.571. The summed E-state index contributed by atoms with van der Waals surface area (Å²) in [6.07, 6.45) is 0. The zero-order chi connectivity index (χ0) is 10.8. The van der Waals surface area contributed by atoms with Gasteiger partial charge in [0.1, 0.15) is 10.6 Å². The average Bonchev–Trinajstić information content (AvgIpc) is 2.43. The van der Waals surface area contributed by atoms with Crippen molar-refractivity contribution in [3.8, 4) is 0 Å². The summed E-state index contributed by atoms with van der Waals surface area (Å²) in [7, 11) is -3.61. The summed E-state index contributed by atoms with van der Waals surface area (Å²) in [5, 5.41) is 12.0. The van der Waals surface area contributed by atoms with E-state index in [2.05, 4.69) is 9.88 Å². The summed E-state index contributed by atoms with van der Waals surface area (Å²) >= 11 is 0. The molecular weight excluding hydrogens is 208 g/mol. The number of rotatable bonds is 4. The quantitative estimate of drug-likeness (QED) is 0.717. The van der Waals surface area contributed by atoms with Crippen LogP contribution in [-0.2, 0) is 10.0 Å². The Morgan fingerprint density at radius 2 is 2.14 bits per heavy atom. The molecule has 14 heavy (non-hydrogen) atoms. The van der Waals surface area contributed by atoms with Crippen molar-refractivity contribution in [1.82, 2.24) is 9.88 Å². The van der Waals surface area contributed by atoms with Gasteiger partial charge in [0, 0.05) is 6.54 Å². The molecule has 0 aromatic carbocycles. The average molecular weight is 220 g/mol. The van der Waals surface area contributed by atoms with Crippen LogP contribution in [0.3, 0.4) is 0 Å². The summed E-state index contributed by atoms with van der Waals surface area (Å²) in [6, 6.07) is 0. The van der Waals surface area contributed by atoms with Gasteiger partial charge < -0.3 is 9.63 Å². The second-order valence-corrected chi connectivity index (χ2v) is 4.48. The molecule has 7 heteroatoms. The zero-order valence-corrected chi connectivity index (χ0v) is 8.76. The molecule has 0 amide bonds. The number of nitrogens with one attached hydrogen (secondary N) is 1. The van der Waals surface area contributed by atoms with Crippen molar-refractivity contribution in [2.75, 3.05) is 13.2 Å². The number of aromatic nitrogens is 1. The molecule has 0 saturated carbocycles. The first-order chi connectivity index (χ1) is 6.49. The third-order valence-electron chi connectivity index (χ3n) is 1.64. The molecule has 1 rings (SSSR count). The predicted molar refractivity (Wildman–Crippen MR) is 48.3 cm³/mol. The van der Waals surface area contributed by atoms with Gasteiger partial charge in [0.2, 0.25) is 10.0 Å². The smallest absolute Gasteiger partial charge is 0.246 e. The lowest BCUT2D eigenvalue weighted by molar-refractivity contribution is 0.301. The molecule has 2 N–H and O–H groups in total. The zero-order valence-electron chi connectivity index (χ0n) is 7.94. The molecule has 6 nitrogen and oxygen atoms in total. The van der Waals surface area contributed by atoms with E-state index < -0.39 is 10.0 Å². The van der Waals surface area contributed by atoms with E-state index >= 15 is 0 Å². The first-order valence-corrected chi connectivity index (χ1v) is 5.50. The van der Waals surface area contributed by atoms with E-state index in [1.807, 2.05) is 0 Å². The minimum Gasteiger partial charge on any atom is -0.395 e. The van der Waals surface area contributed by atoms with E-state index in [-0.39, 0.29) is 23.8 Å². The molecule has 1 aromatic rings. The molecule has 1 aromatic heterocycles. The minimum absolute atomic E-state index is 0.0214. The standard InChI is InChI=1S/C7H12N2O4S/c1-5-7(6(2)13-9-5)14(11,12)8-3-4-10/h8,10H,3-4H2,1-2H3. The lowest BCUT2D eigenvalue weighted by Gasteiger charge is -2.03. The van der Waals surface area contributed by atoms with Gasteiger partial charge in [-0.25, -0.2) is 13.1 Å². The molecule has 0 aliphatic heterocycles. The molecule has 0 bridgehead atoms. The van der Waals surface area contributed by atoms with Gasteiger partial charge in [-0.1, -0.05) is 5.16 Å². The molecule has 0 atom stereocenters. The van der Waals surface area contributed by atoms with Gasteiger partial charge in [-0.15, -0.1) is 0 Å². The summed E-state index contributed by atoms with van der Waals surface area (Å²) in [6.45, 7) is 2.80. The molecule has 0 unspecified atom stereocenters. The second-order valence-electron chi connectivity index (χ2n) is 2.77. The largest absolute Gasteiger partial charge is 0.395 e. The van der Waals surface area contributed by atoms with Gasteiger partial charge >= 0.3 is 0 Å². The van der Waals surface area contributed by atoms with Crippen molar-refractivity contribution in [3.63, 3.8) is 0 Å². The summed E-state index contributed by atoms with van der Waals surface area (Å²) in [5.41, 5.74) is 0.313. The molecule has 1 heterocycles. The van der Waals surface area contributed by atoms with Crippen LogP contribution in [0.2, 0.25) is 0 Å². The fourth-order valence-electron chi connectivity index (χ4n) is 1.11. The second kappa shape index (κ2) is 4.07. The Kier molecular flexibility index (Phi) is 3.25. The first kappa shape index (κ1) is 11.2. The maximum atomic E-state index is 11.6. The molecule has 0 fully saturated rings. The van der Waals surface area contributed by atoms with E-state index in [4.69, 9.17) is 9.63 Å². The predicted octanol–water partition coefficient (Wildman–Crippen LogP) is -0.438. The van der Waals surface area contributed by atoms with Gasteiger partial charge in [0.25, 0.3) is 0 Å². The number of hydrogen-bond acceptors (Lipinski definition) is 5. The van der Waals surface area contributed by atoms with Crippen LogP contribution in [0, 0.1) is 13.8 Å².